The lowest BCUT2D eigenvalue weighted by Gasteiger charge is -2.04. The number of esters is 1. The third-order valence-corrected chi connectivity index (χ3v) is 3.25. The van der Waals surface area contributed by atoms with Crippen LogP contribution in [0.2, 0.25) is 0 Å². The summed E-state index contributed by atoms with van der Waals surface area (Å²) in [5.41, 5.74) is 0. The second-order valence-electron chi connectivity index (χ2n) is 5.16. The summed E-state index contributed by atoms with van der Waals surface area (Å²) < 4.78 is 5.12. The Hall–Kier alpha value is -0.790. The van der Waals surface area contributed by atoms with Gasteiger partial charge in [-0.3, -0.25) is 4.79 Å². The number of hydrogen-bond acceptors (Lipinski definition) is 2. The summed E-state index contributed by atoms with van der Waals surface area (Å²) in [6.07, 6.45) is 17.0. The van der Waals surface area contributed by atoms with Crippen molar-refractivity contribution in [2.45, 2.75) is 84.5 Å². The van der Waals surface area contributed by atoms with Crippen molar-refractivity contribution in [3.63, 3.8) is 0 Å². The first-order chi connectivity index (χ1) is 9.31. The fraction of sp³-hybridized carbons (Fsp3) is 0.824. The summed E-state index contributed by atoms with van der Waals surface area (Å²) >= 11 is 0. The highest BCUT2D eigenvalue weighted by Crippen LogP contribution is 2.10. The van der Waals surface area contributed by atoms with E-state index in [1.165, 1.54) is 38.5 Å². The SMILES string of the molecule is CC=CCCCCCCCCCC(=O)OCCCC. The molecule has 0 rings (SSSR count). The molecule has 2 nitrogen and oxygen atoms in total. The molecule has 0 radical (unpaired) electrons. The minimum absolute atomic E-state index is 0.0141. The molecule has 0 spiro atoms. The van der Waals surface area contributed by atoms with Crippen molar-refractivity contribution in [1.29, 1.82) is 0 Å². The Morgan fingerprint density at radius 1 is 0.947 bits per heavy atom. The van der Waals surface area contributed by atoms with E-state index in [1.54, 1.807) is 0 Å². The molecule has 0 atom stereocenters. The summed E-state index contributed by atoms with van der Waals surface area (Å²) in [5.74, 6) is -0.0141. The fourth-order valence-electron chi connectivity index (χ4n) is 1.98. The zero-order chi connectivity index (χ0) is 14.2. The summed E-state index contributed by atoms with van der Waals surface area (Å²) in [6, 6.07) is 0. The zero-order valence-corrected chi connectivity index (χ0v) is 13.0. The first-order valence-electron chi connectivity index (χ1n) is 8.08. The second-order valence-corrected chi connectivity index (χ2v) is 5.16. The summed E-state index contributed by atoms with van der Waals surface area (Å²) in [7, 11) is 0. The molecule has 0 saturated heterocycles. The predicted octanol–water partition coefficient (Wildman–Crippen LogP) is 5.42. The molecule has 2 heteroatoms. The van der Waals surface area contributed by atoms with Crippen molar-refractivity contribution < 1.29 is 9.53 Å². The first kappa shape index (κ1) is 18.2. The number of hydrogen-bond donors (Lipinski definition) is 0. The Bertz CT molecular complexity index is 221. The van der Waals surface area contributed by atoms with Crippen molar-refractivity contribution in [1.82, 2.24) is 0 Å². The quantitative estimate of drug-likeness (QED) is 0.253. The van der Waals surface area contributed by atoms with E-state index >= 15 is 0 Å². The van der Waals surface area contributed by atoms with Gasteiger partial charge >= 0.3 is 5.97 Å². The molecule has 0 aliphatic carbocycles. The van der Waals surface area contributed by atoms with Crippen LogP contribution in [0.3, 0.4) is 0 Å². The van der Waals surface area contributed by atoms with Crippen molar-refractivity contribution in [2.75, 3.05) is 6.61 Å². The summed E-state index contributed by atoms with van der Waals surface area (Å²) in [6.45, 7) is 4.78. The van der Waals surface area contributed by atoms with Crippen LogP contribution in [0.4, 0.5) is 0 Å². The Morgan fingerprint density at radius 3 is 2.21 bits per heavy atom. The largest absolute Gasteiger partial charge is 0.466 e. The van der Waals surface area contributed by atoms with Crippen LogP contribution in [-0.4, -0.2) is 12.6 Å². The van der Waals surface area contributed by atoms with Gasteiger partial charge in [0.1, 0.15) is 0 Å². The van der Waals surface area contributed by atoms with Gasteiger partial charge in [-0.2, -0.15) is 0 Å². The molecule has 0 unspecified atom stereocenters. The lowest BCUT2D eigenvalue weighted by molar-refractivity contribution is -0.143. The van der Waals surface area contributed by atoms with Gasteiger partial charge in [-0.25, -0.2) is 0 Å². The lowest BCUT2D eigenvalue weighted by Crippen LogP contribution is -2.05. The van der Waals surface area contributed by atoms with Crippen LogP contribution in [0.15, 0.2) is 12.2 Å². The van der Waals surface area contributed by atoms with Crippen LogP contribution in [0, 0.1) is 0 Å². The fourth-order valence-corrected chi connectivity index (χ4v) is 1.98. The number of allylic oxidation sites excluding steroid dienone is 2. The third kappa shape index (κ3) is 15.2. The molecule has 112 valence electrons. The molecular formula is C17H32O2. The lowest BCUT2D eigenvalue weighted by atomic mass is 10.1. The van der Waals surface area contributed by atoms with E-state index in [2.05, 4.69) is 26.0 Å². The van der Waals surface area contributed by atoms with E-state index in [0.29, 0.717) is 13.0 Å². The summed E-state index contributed by atoms with van der Waals surface area (Å²) in [4.78, 5) is 11.3. The van der Waals surface area contributed by atoms with Gasteiger partial charge in [0.25, 0.3) is 0 Å². The topological polar surface area (TPSA) is 26.3 Å². The molecule has 0 bridgehead atoms. The van der Waals surface area contributed by atoms with E-state index < -0.39 is 0 Å². The average molecular weight is 268 g/mol. The van der Waals surface area contributed by atoms with Gasteiger partial charge in [0, 0.05) is 6.42 Å². The Labute approximate surface area is 119 Å². The Balaban J connectivity index is 3.11. The highest BCUT2D eigenvalue weighted by Gasteiger charge is 2.01. The van der Waals surface area contributed by atoms with Gasteiger partial charge in [0.05, 0.1) is 6.61 Å². The van der Waals surface area contributed by atoms with Crippen LogP contribution < -0.4 is 0 Å². The molecule has 0 aromatic rings. The monoisotopic (exact) mass is 268 g/mol. The molecule has 19 heavy (non-hydrogen) atoms. The number of unbranched alkanes of at least 4 members (excludes halogenated alkanes) is 8. The van der Waals surface area contributed by atoms with Crippen LogP contribution in [-0.2, 0) is 9.53 Å². The predicted molar refractivity (Wildman–Crippen MR) is 82.2 cm³/mol. The standard InChI is InChI=1S/C17H32O2/c1-3-5-7-8-9-10-11-12-13-14-15-17(18)19-16-6-4-2/h3,5H,4,6-16H2,1-2H3. The Morgan fingerprint density at radius 2 is 1.58 bits per heavy atom. The molecular weight excluding hydrogens is 236 g/mol. The Kier molecular flexibility index (Phi) is 14.6. The number of carbonyl (C=O) groups is 1. The molecule has 0 aliphatic heterocycles. The molecule has 0 heterocycles. The van der Waals surface area contributed by atoms with Gasteiger partial charge in [-0.05, 0) is 32.6 Å². The van der Waals surface area contributed by atoms with E-state index in [9.17, 15) is 4.79 Å². The van der Waals surface area contributed by atoms with E-state index in [1.807, 2.05) is 0 Å². The normalized spacial score (nSPS) is 11.1. The van der Waals surface area contributed by atoms with E-state index in [-0.39, 0.29) is 5.97 Å². The van der Waals surface area contributed by atoms with E-state index in [4.69, 9.17) is 4.74 Å². The van der Waals surface area contributed by atoms with Crippen molar-refractivity contribution in [3.8, 4) is 0 Å². The molecule has 0 saturated carbocycles. The maximum absolute atomic E-state index is 11.3. The smallest absolute Gasteiger partial charge is 0.305 e. The van der Waals surface area contributed by atoms with Crippen LogP contribution in [0.5, 0.6) is 0 Å². The molecule has 0 aromatic heterocycles. The maximum atomic E-state index is 11.3. The number of ether oxygens (including phenoxy) is 1. The average Bonchev–Trinajstić information content (AvgIpc) is 2.41. The first-order valence-corrected chi connectivity index (χ1v) is 8.08. The highest BCUT2D eigenvalue weighted by molar-refractivity contribution is 5.69. The highest BCUT2D eigenvalue weighted by atomic mass is 16.5. The summed E-state index contributed by atoms with van der Waals surface area (Å²) in [5, 5.41) is 0. The number of rotatable bonds is 13. The maximum Gasteiger partial charge on any atom is 0.305 e. The minimum atomic E-state index is -0.0141. The molecule has 0 aromatic carbocycles. The van der Waals surface area contributed by atoms with Gasteiger partial charge < -0.3 is 4.74 Å². The van der Waals surface area contributed by atoms with Crippen LogP contribution in [0.1, 0.15) is 84.5 Å². The molecule has 0 N–H and O–H groups in total. The molecule has 0 amide bonds. The molecule has 0 fully saturated rings. The van der Waals surface area contributed by atoms with E-state index in [0.717, 1.165) is 25.7 Å². The van der Waals surface area contributed by atoms with Gasteiger partial charge in [0.15, 0.2) is 0 Å². The van der Waals surface area contributed by atoms with Crippen molar-refractivity contribution >= 4 is 5.97 Å². The zero-order valence-electron chi connectivity index (χ0n) is 13.0. The van der Waals surface area contributed by atoms with Gasteiger partial charge in [-0.15, -0.1) is 0 Å². The van der Waals surface area contributed by atoms with Crippen LogP contribution in [0.25, 0.3) is 0 Å². The number of carbonyl (C=O) groups excluding carboxylic acids is 1. The van der Waals surface area contributed by atoms with Crippen molar-refractivity contribution in [2.24, 2.45) is 0 Å². The third-order valence-electron chi connectivity index (χ3n) is 3.25. The van der Waals surface area contributed by atoms with Gasteiger partial charge in [0.2, 0.25) is 0 Å². The minimum Gasteiger partial charge on any atom is -0.466 e. The van der Waals surface area contributed by atoms with Gasteiger partial charge in [-0.1, -0.05) is 57.6 Å². The van der Waals surface area contributed by atoms with Crippen LogP contribution >= 0.6 is 0 Å². The second kappa shape index (κ2) is 15.3. The molecule has 0 aliphatic rings. The van der Waals surface area contributed by atoms with Crippen molar-refractivity contribution in [3.05, 3.63) is 12.2 Å².